The maximum absolute atomic E-state index is 12.3. The van der Waals surface area contributed by atoms with Gasteiger partial charge in [0, 0.05) is 37.0 Å². The molecule has 126 valence electrons. The van der Waals surface area contributed by atoms with Crippen LogP contribution in [-0.4, -0.2) is 52.0 Å². The number of rotatable bonds is 3. The van der Waals surface area contributed by atoms with E-state index in [1.807, 2.05) is 0 Å². The summed E-state index contributed by atoms with van der Waals surface area (Å²) in [5.41, 5.74) is 1.30. The van der Waals surface area contributed by atoms with Crippen molar-refractivity contribution < 1.29 is 4.79 Å². The maximum Gasteiger partial charge on any atom is 0.225 e. The van der Waals surface area contributed by atoms with Crippen LogP contribution in [-0.2, 0) is 4.79 Å². The summed E-state index contributed by atoms with van der Waals surface area (Å²) in [5.74, 6) is 0.729. The molecule has 1 heterocycles. The molecule has 2 fully saturated rings. The Balaban J connectivity index is 1.80. The molecule has 1 aliphatic heterocycles. The lowest BCUT2D eigenvalue weighted by molar-refractivity contribution is -0.133. The fourth-order valence-electron chi connectivity index (χ4n) is 3.41. The summed E-state index contributed by atoms with van der Waals surface area (Å²) in [4.78, 5) is 15.7. The molecule has 1 saturated carbocycles. The first-order valence-electron chi connectivity index (χ1n) is 8.63. The van der Waals surface area contributed by atoms with E-state index in [1.165, 1.54) is 10.5 Å². The van der Waals surface area contributed by atoms with Crippen molar-refractivity contribution in [2.45, 2.75) is 38.5 Å². The van der Waals surface area contributed by atoms with Gasteiger partial charge >= 0.3 is 0 Å². The molecule has 1 amide bonds. The van der Waals surface area contributed by atoms with E-state index >= 15 is 0 Å². The zero-order valence-corrected chi connectivity index (χ0v) is 15.3. The second kappa shape index (κ2) is 6.70. The Hall–Kier alpha value is -1.26. The zero-order chi connectivity index (χ0) is 16.4. The Bertz CT molecular complexity index is 673. The molecule has 0 aromatic heterocycles. The molecule has 0 atom stereocenters. The van der Waals surface area contributed by atoms with Gasteiger partial charge in [0.2, 0.25) is 5.91 Å². The van der Waals surface area contributed by atoms with Crippen LogP contribution in [0.1, 0.15) is 32.3 Å². The van der Waals surface area contributed by atoms with Crippen molar-refractivity contribution in [2.75, 3.05) is 26.2 Å². The number of aryl methyl sites for hydroxylation is 1. The average molecular weight is 333 g/mol. The molecule has 1 aromatic carbocycles. The number of hydrogen-bond donors (Lipinski definition) is 0. The largest absolute Gasteiger partial charge is 0.340 e. The van der Waals surface area contributed by atoms with Gasteiger partial charge in [0.25, 0.3) is 0 Å². The van der Waals surface area contributed by atoms with E-state index in [0.29, 0.717) is 11.8 Å². The predicted octanol–water partition coefficient (Wildman–Crippen LogP) is 3.27. The van der Waals surface area contributed by atoms with Crippen LogP contribution in [0.3, 0.4) is 0 Å². The molecule has 0 spiro atoms. The number of carbonyl (C=O) groups excluding carboxylic acids is 1. The lowest BCUT2D eigenvalue weighted by Gasteiger charge is -2.40. The van der Waals surface area contributed by atoms with E-state index in [9.17, 15) is 4.79 Å². The second-order valence-electron chi connectivity index (χ2n) is 6.49. The molecule has 1 saturated heterocycles. The van der Waals surface area contributed by atoms with Crippen LogP contribution in [0, 0.1) is 12.8 Å². The minimum absolute atomic E-state index is 0.339. The van der Waals surface area contributed by atoms with Gasteiger partial charge in [-0.05, 0) is 45.7 Å². The quantitative estimate of drug-likeness (QED) is 0.793. The molecule has 1 aliphatic carbocycles. The van der Waals surface area contributed by atoms with Gasteiger partial charge in [0.15, 0.2) is 0 Å². The van der Waals surface area contributed by atoms with Gasteiger partial charge in [0.1, 0.15) is 0 Å². The van der Waals surface area contributed by atoms with Crippen molar-refractivity contribution in [3.8, 4) is 0 Å². The SMILES string of the molecule is CC=S(=CC)(c1ccc(C)cc1)N1CCN(C(=O)C2CC2)CC1. The smallest absolute Gasteiger partial charge is 0.225 e. The first-order chi connectivity index (χ1) is 11.1. The fraction of sp³-hybridized carbons (Fsp3) is 0.526. The number of benzene rings is 1. The third-order valence-electron chi connectivity index (χ3n) is 5.02. The zero-order valence-electron chi connectivity index (χ0n) is 14.5. The molecule has 0 radical (unpaired) electrons. The van der Waals surface area contributed by atoms with Gasteiger partial charge in [-0.3, -0.25) is 9.10 Å². The lowest BCUT2D eigenvalue weighted by Crippen LogP contribution is -2.48. The molecule has 2 aliphatic rings. The number of hydrogen-bond acceptors (Lipinski definition) is 2. The number of piperazine rings is 1. The summed E-state index contributed by atoms with van der Waals surface area (Å²) in [5, 5.41) is 4.74. The van der Waals surface area contributed by atoms with Crippen LogP contribution in [0.15, 0.2) is 29.2 Å². The summed E-state index contributed by atoms with van der Waals surface area (Å²) in [6.45, 7) is 10.2. The van der Waals surface area contributed by atoms with E-state index in [2.05, 4.69) is 65.0 Å². The third kappa shape index (κ3) is 3.20. The van der Waals surface area contributed by atoms with Crippen LogP contribution < -0.4 is 0 Å². The van der Waals surface area contributed by atoms with Gasteiger partial charge < -0.3 is 4.90 Å². The van der Waals surface area contributed by atoms with Gasteiger partial charge in [-0.15, -0.1) is 9.39 Å². The molecule has 0 bridgehead atoms. The second-order valence-corrected chi connectivity index (χ2v) is 9.77. The highest BCUT2D eigenvalue weighted by atomic mass is 32.2. The molecular weight excluding hydrogens is 304 g/mol. The molecule has 4 heteroatoms. The fourth-order valence-corrected chi connectivity index (χ4v) is 6.46. The molecule has 3 nitrogen and oxygen atoms in total. The lowest BCUT2D eigenvalue weighted by atomic mass is 10.2. The predicted molar refractivity (Wildman–Crippen MR) is 101 cm³/mol. The Labute approximate surface area is 140 Å². The monoisotopic (exact) mass is 332 g/mol. The van der Waals surface area contributed by atoms with E-state index in [-0.39, 0.29) is 0 Å². The summed E-state index contributed by atoms with van der Waals surface area (Å²) in [6.07, 6.45) is 2.20. The van der Waals surface area contributed by atoms with Crippen molar-refractivity contribution in [3.63, 3.8) is 0 Å². The third-order valence-corrected chi connectivity index (χ3v) is 8.71. The molecule has 0 N–H and O–H groups in total. The number of nitrogens with zero attached hydrogens (tertiary/aromatic N) is 2. The normalized spacial score (nSPS) is 19.5. The van der Waals surface area contributed by atoms with Crippen molar-refractivity contribution in [1.82, 2.24) is 9.21 Å². The summed E-state index contributed by atoms with van der Waals surface area (Å²) >= 11 is 0. The van der Waals surface area contributed by atoms with Gasteiger partial charge in [0.05, 0.1) is 0 Å². The standard InChI is InChI=1S/C19H28N2OS/c1-4-23(5-2,18-10-6-16(3)7-11-18)21-14-12-20(13-15-21)19(22)17-8-9-17/h4-7,10-11,17H,8-9,12-15H2,1-3H3. The summed E-state index contributed by atoms with van der Waals surface area (Å²) in [6, 6.07) is 8.95. The van der Waals surface area contributed by atoms with Crippen LogP contribution in [0.25, 0.3) is 0 Å². The van der Waals surface area contributed by atoms with Crippen molar-refractivity contribution in [3.05, 3.63) is 29.8 Å². The molecular formula is C19H28N2OS. The van der Waals surface area contributed by atoms with E-state index in [1.54, 1.807) is 0 Å². The van der Waals surface area contributed by atoms with Crippen molar-refractivity contribution in [1.29, 1.82) is 0 Å². The Morgan fingerprint density at radius 3 is 2.09 bits per heavy atom. The van der Waals surface area contributed by atoms with E-state index < -0.39 is 9.39 Å². The minimum atomic E-state index is -1.18. The highest BCUT2D eigenvalue weighted by Crippen LogP contribution is 2.40. The topological polar surface area (TPSA) is 23.6 Å². The first kappa shape index (κ1) is 16.6. The van der Waals surface area contributed by atoms with Crippen LogP contribution in [0.2, 0.25) is 0 Å². The molecule has 3 rings (SSSR count). The number of carbonyl (C=O) groups is 1. The average Bonchev–Trinajstić information content (AvgIpc) is 3.43. The summed E-state index contributed by atoms with van der Waals surface area (Å²) < 4.78 is 2.59. The van der Waals surface area contributed by atoms with Crippen LogP contribution >= 0.6 is 9.39 Å². The summed E-state index contributed by atoms with van der Waals surface area (Å²) in [7, 11) is -1.18. The first-order valence-corrected chi connectivity index (χ1v) is 10.3. The molecule has 1 aromatic rings. The van der Waals surface area contributed by atoms with Crippen LogP contribution in [0.5, 0.6) is 0 Å². The highest BCUT2D eigenvalue weighted by Gasteiger charge is 2.35. The van der Waals surface area contributed by atoms with Crippen LogP contribution in [0.4, 0.5) is 0 Å². The van der Waals surface area contributed by atoms with Crippen molar-refractivity contribution in [2.24, 2.45) is 5.92 Å². The Kier molecular flexibility index (Phi) is 4.83. The Morgan fingerprint density at radius 1 is 1.04 bits per heavy atom. The maximum atomic E-state index is 12.3. The van der Waals surface area contributed by atoms with Gasteiger partial charge in [-0.1, -0.05) is 28.4 Å². The highest BCUT2D eigenvalue weighted by molar-refractivity contribution is 8.27. The Morgan fingerprint density at radius 2 is 1.61 bits per heavy atom. The molecule has 0 unspecified atom stereocenters. The van der Waals surface area contributed by atoms with E-state index in [0.717, 1.165) is 39.0 Å². The van der Waals surface area contributed by atoms with E-state index in [4.69, 9.17) is 0 Å². The molecule has 23 heavy (non-hydrogen) atoms. The van der Waals surface area contributed by atoms with Gasteiger partial charge in [-0.2, -0.15) is 0 Å². The van der Waals surface area contributed by atoms with Crippen molar-refractivity contribution >= 4 is 26.0 Å². The minimum Gasteiger partial charge on any atom is -0.340 e. The number of amides is 1. The van der Waals surface area contributed by atoms with Gasteiger partial charge in [-0.25, -0.2) is 0 Å².